The molecule has 1 unspecified atom stereocenters. The highest BCUT2D eigenvalue weighted by Crippen LogP contribution is 2.43. The molecule has 3 aromatic carbocycles. The Balaban J connectivity index is 0.630. The second-order valence-electron chi connectivity index (χ2n) is 26.4. The molecule has 0 aliphatic carbocycles. The fourth-order valence-corrected chi connectivity index (χ4v) is 12.2. The number of imide groups is 1. The smallest absolute Gasteiger partial charge is 0.416 e. The maximum Gasteiger partial charge on any atom is 0.416 e. The number of rotatable bonds is 49. The molecule has 30 heteroatoms. The minimum Gasteiger partial charge on any atom is -0.493 e. The first-order chi connectivity index (χ1) is 51.2. The average Bonchev–Trinajstić information content (AvgIpc) is 1.57. The van der Waals surface area contributed by atoms with E-state index in [1.807, 2.05) is 20.0 Å². The van der Waals surface area contributed by atoms with E-state index in [-0.39, 0.29) is 135 Å². The fourth-order valence-electron chi connectivity index (χ4n) is 12.2. The van der Waals surface area contributed by atoms with E-state index in [0.717, 1.165) is 27.4 Å². The van der Waals surface area contributed by atoms with Crippen molar-refractivity contribution < 1.29 is 110 Å². The molecule has 5 heterocycles. The van der Waals surface area contributed by atoms with Crippen LogP contribution in [0.25, 0.3) is 0 Å². The molecule has 5 aliphatic rings. The van der Waals surface area contributed by atoms with E-state index in [2.05, 4.69) is 15.6 Å². The number of amides is 7. The lowest BCUT2D eigenvalue weighted by molar-refractivity contribution is -0.139. The molecule has 7 amide bonds. The van der Waals surface area contributed by atoms with E-state index in [0.29, 0.717) is 165 Å². The average molecular weight is 1480 g/mol. The van der Waals surface area contributed by atoms with Crippen molar-refractivity contribution >= 4 is 70.7 Å². The largest absolute Gasteiger partial charge is 0.493 e. The van der Waals surface area contributed by atoms with Crippen molar-refractivity contribution in [3.8, 4) is 23.0 Å². The number of methoxy groups -OCH3 is 2. The summed E-state index contributed by atoms with van der Waals surface area (Å²) in [5, 5.41) is 17.4. The normalized spacial score (nSPS) is 17.9. The van der Waals surface area contributed by atoms with Gasteiger partial charge in [-0.15, -0.1) is 0 Å². The van der Waals surface area contributed by atoms with Crippen molar-refractivity contribution in [1.29, 1.82) is 0 Å². The number of ether oxygens (including phenoxy) is 13. The molecule has 1 saturated heterocycles. The van der Waals surface area contributed by atoms with Gasteiger partial charge in [-0.3, -0.25) is 48.2 Å². The van der Waals surface area contributed by atoms with Gasteiger partial charge in [0, 0.05) is 87.8 Å². The van der Waals surface area contributed by atoms with Crippen molar-refractivity contribution in [2.24, 2.45) is 16.8 Å². The van der Waals surface area contributed by atoms with Gasteiger partial charge < -0.3 is 87.1 Å². The number of hydrogen-bond donors (Lipinski definition) is 3. The molecule has 30 nitrogen and oxygen atoms in total. The van der Waals surface area contributed by atoms with Crippen LogP contribution in [0.1, 0.15) is 124 Å². The van der Waals surface area contributed by atoms with Crippen LogP contribution in [0.2, 0.25) is 0 Å². The highest BCUT2D eigenvalue weighted by atomic mass is 16.6. The number of Topliss-reactive ketones (excluding diaryl/α,β-unsaturated/α-hetero) is 2. The van der Waals surface area contributed by atoms with Crippen LogP contribution in [-0.2, 0) is 84.4 Å². The zero-order valence-electron chi connectivity index (χ0n) is 61.9. The number of likely N-dealkylation sites (tertiary alicyclic amines) is 1. The van der Waals surface area contributed by atoms with Gasteiger partial charge in [0.25, 0.3) is 11.8 Å². The summed E-state index contributed by atoms with van der Waals surface area (Å²) in [5.74, 6) is -1.79. The molecule has 5 aliphatic heterocycles. The van der Waals surface area contributed by atoms with Gasteiger partial charge in [-0.1, -0.05) is 49.3 Å². The Bertz CT molecular complexity index is 3570. The first-order valence-electron chi connectivity index (χ1n) is 36.3. The molecule has 106 heavy (non-hydrogen) atoms. The molecule has 6 atom stereocenters. The Morgan fingerprint density at radius 3 is 1.71 bits per heavy atom. The van der Waals surface area contributed by atoms with E-state index in [1.165, 1.54) is 31.3 Å². The maximum absolute atomic E-state index is 14.2. The quantitative estimate of drug-likeness (QED) is 0.0407. The summed E-state index contributed by atoms with van der Waals surface area (Å²) < 4.78 is 73.6. The molecule has 3 aromatic rings. The van der Waals surface area contributed by atoms with Crippen LogP contribution in [0.4, 0.5) is 16.2 Å². The number of anilines is 1. The third-order valence-corrected chi connectivity index (χ3v) is 18.1. The highest BCUT2D eigenvalue weighted by Gasteiger charge is 2.45. The standard InChI is InChI=1S/C76H103N7O23/c1-50-37-57-46-78-61-44-67(65(94-6)42-59(61)73(90)81(57)47-50)104-19-9-8-10-20-105-68-45-62-60(43-66(68)95-7)74(91)82-48-51(2)38-63(82)75(92)83(62)76(93)106-49-56-13-11-55(12-14-56)41-64(85)54(5)79-71(88)52(3)39-58(84)16-21-96-23-25-98-27-29-100-31-33-102-35-36-103-34-32-101-30-28-99-26-24-97-22-17-77-69(86)15-18-80-70(87)40-53(4)72(80)89/h11-14,42-48,52-54,57,63,75,92H,8-10,15-41,49H2,1-7H3,(H,77,86)(H,79,88)/t52-,53?,54+,57+,63+,75+/m1/s1. The Hall–Kier alpha value is -8.72. The van der Waals surface area contributed by atoms with Crippen LogP contribution in [0.15, 0.2) is 77.1 Å². The number of ketones is 2. The van der Waals surface area contributed by atoms with Crippen molar-refractivity contribution in [3.05, 3.63) is 94.3 Å². The van der Waals surface area contributed by atoms with Gasteiger partial charge in [0.2, 0.25) is 23.6 Å². The predicted molar refractivity (Wildman–Crippen MR) is 385 cm³/mol. The van der Waals surface area contributed by atoms with Crippen LogP contribution >= 0.6 is 0 Å². The lowest BCUT2D eigenvalue weighted by Gasteiger charge is -2.31. The van der Waals surface area contributed by atoms with Gasteiger partial charge in [0.1, 0.15) is 12.4 Å². The minimum absolute atomic E-state index is 0.00896. The van der Waals surface area contributed by atoms with Gasteiger partial charge in [0.15, 0.2) is 35.0 Å². The van der Waals surface area contributed by atoms with Crippen LogP contribution in [0, 0.1) is 11.8 Å². The van der Waals surface area contributed by atoms with Crippen molar-refractivity contribution in [3.63, 3.8) is 0 Å². The van der Waals surface area contributed by atoms with Gasteiger partial charge in [-0.05, 0) is 76.1 Å². The first-order valence-corrected chi connectivity index (χ1v) is 36.3. The Morgan fingerprint density at radius 1 is 0.604 bits per heavy atom. The van der Waals surface area contributed by atoms with Gasteiger partial charge in [0.05, 0.1) is 174 Å². The number of carbonyl (C=O) groups is 9. The number of aliphatic imine (C=N–C) groups is 1. The van der Waals surface area contributed by atoms with Crippen LogP contribution in [0.3, 0.4) is 0 Å². The summed E-state index contributed by atoms with van der Waals surface area (Å²) in [6.07, 6.45) is 6.19. The summed E-state index contributed by atoms with van der Waals surface area (Å²) >= 11 is 0. The molecular weight excluding hydrogens is 1380 g/mol. The second kappa shape index (κ2) is 43.2. The highest BCUT2D eigenvalue weighted by molar-refractivity contribution is 6.07. The lowest BCUT2D eigenvalue weighted by Crippen LogP contribution is -2.50. The number of fused-ring (bicyclic) bond motifs is 4. The number of nitrogens with zero attached hydrogens (tertiary/aromatic N) is 5. The van der Waals surface area contributed by atoms with E-state index in [1.54, 1.807) is 74.5 Å². The molecule has 0 aromatic heterocycles. The monoisotopic (exact) mass is 1480 g/mol. The molecule has 0 radical (unpaired) electrons. The van der Waals surface area contributed by atoms with Crippen LogP contribution < -0.4 is 34.5 Å². The van der Waals surface area contributed by atoms with Gasteiger partial charge in [-0.2, -0.15) is 0 Å². The zero-order valence-corrected chi connectivity index (χ0v) is 61.9. The number of unbranched alkanes of at least 4 members (excludes halogenated alkanes) is 2. The Kier molecular flexibility index (Phi) is 33.8. The van der Waals surface area contributed by atoms with E-state index >= 15 is 0 Å². The van der Waals surface area contributed by atoms with E-state index in [4.69, 9.17) is 61.6 Å². The summed E-state index contributed by atoms with van der Waals surface area (Å²) in [6.45, 7) is 15.2. The SMILES string of the molecule is COc1cc2c(cc1OCCCCCOc1cc3c(cc1OC)C(=O)N1C=C(C)C[C@H]1[C@H](O)N3C(=O)OCc1ccc(CC(=O)[C@H](C)NC(=O)[C@H](C)CC(=O)CCOCCOCCOCCOCCOCCOCCOCCOCCNC(=O)CCN3C(=O)CC(C)C3=O)cc1)N=C[C@@H]1CC(C)=CN1C2=O. The van der Waals surface area contributed by atoms with Crippen LogP contribution in [-0.4, -0.2) is 250 Å². The molecule has 3 N–H and O–H groups in total. The zero-order chi connectivity index (χ0) is 75.9. The third-order valence-electron chi connectivity index (χ3n) is 18.1. The Labute approximate surface area is 618 Å². The maximum atomic E-state index is 14.2. The predicted octanol–water partition coefficient (Wildman–Crippen LogP) is 6.40. The molecule has 8 rings (SSSR count). The van der Waals surface area contributed by atoms with Crippen molar-refractivity contribution in [1.82, 2.24) is 25.3 Å². The summed E-state index contributed by atoms with van der Waals surface area (Å²) in [6, 6.07) is 11.4. The van der Waals surface area contributed by atoms with Crippen molar-refractivity contribution in [2.75, 3.05) is 151 Å². The third kappa shape index (κ3) is 24.9. The van der Waals surface area contributed by atoms with Crippen molar-refractivity contribution in [2.45, 2.75) is 130 Å². The topological polar surface area (TPSA) is 343 Å². The molecular formula is C76H103N7O23. The van der Waals surface area contributed by atoms with Gasteiger partial charge >= 0.3 is 6.09 Å². The number of aliphatic hydroxyl groups excluding tert-OH is 1. The molecule has 0 saturated carbocycles. The van der Waals surface area contributed by atoms with E-state index in [9.17, 15) is 48.3 Å². The fraction of sp³-hybridized carbons (Fsp3) is 0.579. The summed E-state index contributed by atoms with van der Waals surface area (Å²) in [4.78, 5) is 127. The summed E-state index contributed by atoms with van der Waals surface area (Å²) in [5.41, 5.74) is 4.27. The van der Waals surface area contributed by atoms with E-state index < -0.39 is 42.1 Å². The summed E-state index contributed by atoms with van der Waals surface area (Å²) in [7, 11) is 2.97. The number of benzene rings is 3. The Morgan fingerprint density at radius 2 is 1.13 bits per heavy atom. The van der Waals surface area contributed by atoms with Crippen LogP contribution in [0.5, 0.6) is 23.0 Å². The number of nitrogens with one attached hydrogen (secondary N) is 2. The first kappa shape index (κ1) is 82.9. The number of hydrogen-bond acceptors (Lipinski definition) is 24. The second-order valence-corrected chi connectivity index (χ2v) is 26.4. The van der Waals surface area contributed by atoms with Gasteiger partial charge in [-0.25, -0.2) is 9.69 Å². The number of aliphatic hydroxyl groups is 1. The molecule has 580 valence electrons. The number of carbonyl (C=O) groups excluding carboxylic acids is 9. The lowest BCUT2D eigenvalue weighted by atomic mass is 10.00. The molecule has 0 spiro atoms. The molecule has 0 bridgehead atoms. The minimum atomic E-state index is -1.51. The molecule has 1 fully saturated rings.